The molecular formula is C13H17ClN2O. The van der Waals surface area contributed by atoms with Gasteiger partial charge in [-0.15, -0.1) is 11.6 Å². The van der Waals surface area contributed by atoms with Gasteiger partial charge < -0.3 is 4.90 Å². The van der Waals surface area contributed by atoms with E-state index in [-0.39, 0.29) is 5.91 Å². The van der Waals surface area contributed by atoms with Gasteiger partial charge in [0.2, 0.25) is 0 Å². The molecule has 0 aromatic carbocycles. The van der Waals surface area contributed by atoms with Gasteiger partial charge in [-0.05, 0) is 37.8 Å². The Kier molecular flexibility index (Phi) is 4.00. The molecule has 1 aromatic rings. The highest BCUT2D eigenvalue weighted by Gasteiger charge is 2.26. The third kappa shape index (κ3) is 2.60. The van der Waals surface area contributed by atoms with E-state index in [4.69, 9.17) is 11.6 Å². The number of carbonyl (C=O) groups is 1. The number of rotatable bonds is 3. The molecule has 0 aliphatic carbocycles. The first kappa shape index (κ1) is 12.4. The van der Waals surface area contributed by atoms with Crippen molar-refractivity contribution in [3.8, 4) is 0 Å². The SMILES string of the molecule is CCN1CC(CCCl)Cc2ncccc2C1=O. The van der Waals surface area contributed by atoms with E-state index in [1.165, 1.54) is 0 Å². The average molecular weight is 253 g/mol. The van der Waals surface area contributed by atoms with Crippen LogP contribution in [0.3, 0.4) is 0 Å². The second-order valence-corrected chi connectivity index (χ2v) is 4.77. The summed E-state index contributed by atoms with van der Waals surface area (Å²) in [6.45, 7) is 3.54. The normalized spacial score (nSPS) is 20.0. The second-order valence-electron chi connectivity index (χ2n) is 4.39. The quantitative estimate of drug-likeness (QED) is 0.774. The largest absolute Gasteiger partial charge is 0.339 e. The molecule has 2 rings (SSSR count). The summed E-state index contributed by atoms with van der Waals surface area (Å²) in [6.07, 6.45) is 3.54. The molecule has 1 amide bonds. The van der Waals surface area contributed by atoms with Crippen molar-refractivity contribution in [3.63, 3.8) is 0 Å². The van der Waals surface area contributed by atoms with Crippen LogP contribution in [-0.2, 0) is 6.42 Å². The Bertz CT molecular complexity index is 408. The summed E-state index contributed by atoms with van der Waals surface area (Å²) in [5.41, 5.74) is 1.68. The number of hydrogen-bond donors (Lipinski definition) is 0. The first-order valence-corrected chi connectivity index (χ1v) is 6.58. The number of amides is 1. The molecule has 0 saturated heterocycles. The highest BCUT2D eigenvalue weighted by molar-refractivity contribution is 6.17. The fourth-order valence-corrected chi connectivity index (χ4v) is 2.63. The summed E-state index contributed by atoms with van der Waals surface area (Å²) in [5, 5.41) is 0. The minimum atomic E-state index is 0.104. The smallest absolute Gasteiger partial charge is 0.255 e. The van der Waals surface area contributed by atoms with Crippen LogP contribution in [-0.4, -0.2) is 34.8 Å². The molecule has 1 aromatic heterocycles. The lowest BCUT2D eigenvalue weighted by molar-refractivity contribution is 0.0748. The van der Waals surface area contributed by atoms with Crippen molar-refractivity contribution >= 4 is 17.5 Å². The van der Waals surface area contributed by atoms with Crippen LogP contribution in [0.25, 0.3) is 0 Å². The van der Waals surface area contributed by atoms with Crippen LogP contribution >= 0.6 is 11.6 Å². The summed E-state index contributed by atoms with van der Waals surface area (Å²) in [5.74, 6) is 1.17. The fourth-order valence-electron chi connectivity index (χ4n) is 2.32. The van der Waals surface area contributed by atoms with E-state index in [2.05, 4.69) is 4.98 Å². The number of halogens is 1. The summed E-state index contributed by atoms with van der Waals surface area (Å²) in [4.78, 5) is 18.5. The maximum absolute atomic E-state index is 12.3. The standard InChI is InChI=1S/C13H17ClN2O/c1-2-16-9-10(5-6-14)8-12-11(13(16)17)4-3-7-15-12/h3-4,7,10H,2,5-6,8-9H2,1H3. The van der Waals surface area contributed by atoms with E-state index >= 15 is 0 Å². The van der Waals surface area contributed by atoms with Crippen molar-refractivity contribution in [2.24, 2.45) is 5.92 Å². The number of fused-ring (bicyclic) bond motifs is 1. The number of hydrogen-bond acceptors (Lipinski definition) is 2. The zero-order chi connectivity index (χ0) is 12.3. The number of alkyl halides is 1. The lowest BCUT2D eigenvalue weighted by Gasteiger charge is -2.22. The van der Waals surface area contributed by atoms with Crippen LogP contribution < -0.4 is 0 Å². The number of nitrogens with zero attached hydrogens (tertiary/aromatic N) is 2. The number of pyridine rings is 1. The van der Waals surface area contributed by atoms with Gasteiger partial charge in [-0.25, -0.2) is 0 Å². The molecule has 0 N–H and O–H groups in total. The van der Waals surface area contributed by atoms with Gasteiger partial charge in [-0.3, -0.25) is 9.78 Å². The molecule has 3 nitrogen and oxygen atoms in total. The molecule has 2 heterocycles. The second kappa shape index (κ2) is 5.50. The molecule has 0 spiro atoms. The number of carbonyl (C=O) groups excluding carboxylic acids is 1. The van der Waals surface area contributed by atoms with Crippen molar-refractivity contribution in [1.82, 2.24) is 9.88 Å². The van der Waals surface area contributed by atoms with Gasteiger partial charge in [0.25, 0.3) is 5.91 Å². The third-order valence-electron chi connectivity index (χ3n) is 3.27. The highest BCUT2D eigenvalue weighted by Crippen LogP contribution is 2.22. The molecule has 92 valence electrons. The first-order valence-electron chi connectivity index (χ1n) is 6.05. The minimum absolute atomic E-state index is 0.104. The van der Waals surface area contributed by atoms with Gasteiger partial charge >= 0.3 is 0 Å². The molecule has 0 fully saturated rings. The van der Waals surface area contributed by atoms with Crippen molar-refractivity contribution in [3.05, 3.63) is 29.6 Å². The van der Waals surface area contributed by atoms with E-state index < -0.39 is 0 Å². The molecule has 0 saturated carbocycles. The van der Waals surface area contributed by atoms with Crippen LogP contribution in [0.1, 0.15) is 29.4 Å². The topological polar surface area (TPSA) is 33.2 Å². The van der Waals surface area contributed by atoms with Crippen molar-refractivity contribution < 1.29 is 4.79 Å². The zero-order valence-corrected chi connectivity index (χ0v) is 10.8. The van der Waals surface area contributed by atoms with E-state index in [0.29, 0.717) is 11.8 Å². The Balaban J connectivity index is 2.33. The lowest BCUT2D eigenvalue weighted by atomic mass is 9.99. The minimum Gasteiger partial charge on any atom is -0.339 e. The Morgan fingerprint density at radius 2 is 2.41 bits per heavy atom. The Hall–Kier alpha value is -1.09. The predicted octanol–water partition coefficient (Wildman–Crippen LogP) is 2.34. The van der Waals surface area contributed by atoms with E-state index in [0.717, 1.165) is 37.2 Å². The Labute approximate surface area is 107 Å². The van der Waals surface area contributed by atoms with Gasteiger partial charge in [-0.1, -0.05) is 0 Å². The van der Waals surface area contributed by atoms with Crippen molar-refractivity contribution in [2.45, 2.75) is 19.8 Å². The Morgan fingerprint density at radius 3 is 3.12 bits per heavy atom. The molecular weight excluding hydrogens is 236 g/mol. The summed E-state index contributed by atoms with van der Waals surface area (Å²) >= 11 is 5.82. The predicted molar refractivity (Wildman–Crippen MR) is 68.3 cm³/mol. The average Bonchev–Trinajstić information content (AvgIpc) is 2.48. The van der Waals surface area contributed by atoms with Crippen LogP contribution in [0.4, 0.5) is 0 Å². The van der Waals surface area contributed by atoms with Gasteiger partial charge in [0.05, 0.1) is 11.3 Å². The molecule has 1 atom stereocenters. The molecule has 0 bridgehead atoms. The fraction of sp³-hybridized carbons (Fsp3) is 0.538. The summed E-state index contributed by atoms with van der Waals surface area (Å²) in [7, 11) is 0. The molecule has 0 radical (unpaired) electrons. The Morgan fingerprint density at radius 1 is 1.59 bits per heavy atom. The van der Waals surface area contributed by atoms with E-state index in [9.17, 15) is 4.79 Å². The van der Waals surface area contributed by atoms with Crippen LogP contribution in [0, 0.1) is 5.92 Å². The maximum atomic E-state index is 12.3. The van der Waals surface area contributed by atoms with Crippen molar-refractivity contribution in [2.75, 3.05) is 19.0 Å². The highest BCUT2D eigenvalue weighted by atomic mass is 35.5. The molecule has 4 heteroatoms. The monoisotopic (exact) mass is 252 g/mol. The molecule has 1 aliphatic rings. The van der Waals surface area contributed by atoms with Gasteiger partial charge in [0.1, 0.15) is 0 Å². The third-order valence-corrected chi connectivity index (χ3v) is 3.49. The number of aromatic nitrogens is 1. The molecule has 17 heavy (non-hydrogen) atoms. The summed E-state index contributed by atoms with van der Waals surface area (Å²) in [6, 6.07) is 3.70. The molecule has 1 unspecified atom stereocenters. The summed E-state index contributed by atoms with van der Waals surface area (Å²) < 4.78 is 0. The van der Waals surface area contributed by atoms with Crippen molar-refractivity contribution in [1.29, 1.82) is 0 Å². The van der Waals surface area contributed by atoms with Gasteiger partial charge in [0, 0.05) is 25.2 Å². The lowest BCUT2D eigenvalue weighted by Crippen LogP contribution is -2.33. The first-order chi connectivity index (χ1) is 8.26. The van der Waals surface area contributed by atoms with Gasteiger partial charge in [0.15, 0.2) is 0 Å². The van der Waals surface area contributed by atoms with E-state index in [1.807, 2.05) is 24.0 Å². The van der Waals surface area contributed by atoms with E-state index in [1.54, 1.807) is 6.20 Å². The molecule has 1 aliphatic heterocycles. The maximum Gasteiger partial charge on any atom is 0.255 e. The zero-order valence-electron chi connectivity index (χ0n) is 10.0. The van der Waals surface area contributed by atoms with Crippen LogP contribution in [0.2, 0.25) is 0 Å². The van der Waals surface area contributed by atoms with Crippen LogP contribution in [0.15, 0.2) is 18.3 Å². The van der Waals surface area contributed by atoms with Gasteiger partial charge in [-0.2, -0.15) is 0 Å². The van der Waals surface area contributed by atoms with Crippen LogP contribution in [0.5, 0.6) is 0 Å².